The zero-order valence-electron chi connectivity index (χ0n) is 10.2. The SMILES string of the molecule is CC[C@@](C)(CNC)C1CCCCCC1. The lowest BCUT2D eigenvalue weighted by molar-refractivity contribution is 0.155. The highest BCUT2D eigenvalue weighted by Crippen LogP contribution is 2.39. The van der Waals surface area contributed by atoms with Crippen molar-refractivity contribution >= 4 is 0 Å². The fourth-order valence-corrected chi connectivity index (χ4v) is 2.94. The molecule has 84 valence electrons. The van der Waals surface area contributed by atoms with E-state index in [-0.39, 0.29) is 0 Å². The summed E-state index contributed by atoms with van der Waals surface area (Å²) < 4.78 is 0. The van der Waals surface area contributed by atoms with Crippen LogP contribution in [0.3, 0.4) is 0 Å². The van der Waals surface area contributed by atoms with E-state index in [0.717, 1.165) is 5.92 Å². The Labute approximate surface area is 89.7 Å². The highest BCUT2D eigenvalue weighted by molar-refractivity contribution is 4.84. The summed E-state index contributed by atoms with van der Waals surface area (Å²) in [4.78, 5) is 0. The fourth-order valence-electron chi connectivity index (χ4n) is 2.94. The Bertz CT molecular complexity index is 147. The summed E-state index contributed by atoms with van der Waals surface area (Å²) in [5.74, 6) is 0.961. The quantitative estimate of drug-likeness (QED) is 0.679. The second-order valence-electron chi connectivity index (χ2n) is 5.23. The van der Waals surface area contributed by atoms with Crippen LogP contribution < -0.4 is 5.32 Å². The number of hydrogen-bond acceptors (Lipinski definition) is 1. The molecule has 1 aliphatic carbocycles. The first kappa shape index (κ1) is 12.0. The monoisotopic (exact) mass is 197 g/mol. The number of rotatable bonds is 4. The lowest BCUT2D eigenvalue weighted by atomic mass is 9.71. The summed E-state index contributed by atoms with van der Waals surface area (Å²) in [6, 6.07) is 0. The van der Waals surface area contributed by atoms with Gasteiger partial charge in [-0.2, -0.15) is 0 Å². The van der Waals surface area contributed by atoms with Crippen LogP contribution in [0.2, 0.25) is 0 Å². The minimum Gasteiger partial charge on any atom is -0.319 e. The predicted octanol–water partition coefficient (Wildman–Crippen LogP) is 3.59. The molecule has 0 aliphatic heterocycles. The van der Waals surface area contributed by atoms with Crippen LogP contribution in [0.15, 0.2) is 0 Å². The Hall–Kier alpha value is -0.0400. The molecule has 1 saturated carbocycles. The third-order valence-corrected chi connectivity index (χ3v) is 4.23. The summed E-state index contributed by atoms with van der Waals surface area (Å²) in [6.07, 6.45) is 10.1. The van der Waals surface area contributed by atoms with E-state index >= 15 is 0 Å². The molecule has 0 aromatic rings. The first-order valence-electron chi connectivity index (χ1n) is 6.37. The van der Waals surface area contributed by atoms with Gasteiger partial charge in [0.05, 0.1) is 0 Å². The van der Waals surface area contributed by atoms with E-state index in [4.69, 9.17) is 0 Å². The van der Waals surface area contributed by atoms with Crippen LogP contribution in [0.25, 0.3) is 0 Å². The van der Waals surface area contributed by atoms with Gasteiger partial charge in [0, 0.05) is 6.54 Å². The average Bonchev–Trinajstić information content (AvgIpc) is 2.46. The maximum Gasteiger partial charge on any atom is 0.000471 e. The van der Waals surface area contributed by atoms with Crippen molar-refractivity contribution in [2.24, 2.45) is 11.3 Å². The molecule has 1 rings (SSSR count). The molecule has 0 spiro atoms. The minimum atomic E-state index is 0.541. The fraction of sp³-hybridized carbons (Fsp3) is 1.00. The molecule has 1 heteroatoms. The molecule has 0 bridgehead atoms. The molecule has 0 radical (unpaired) electrons. The number of nitrogens with one attached hydrogen (secondary N) is 1. The van der Waals surface area contributed by atoms with Crippen LogP contribution in [-0.4, -0.2) is 13.6 Å². The van der Waals surface area contributed by atoms with Gasteiger partial charge in [-0.1, -0.05) is 39.5 Å². The van der Waals surface area contributed by atoms with Crippen LogP contribution in [-0.2, 0) is 0 Å². The molecule has 1 nitrogen and oxygen atoms in total. The zero-order valence-corrected chi connectivity index (χ0v) is 10.2. The van der Waals surface area contributed by atoms with Gasteiger partial charge in [0.25, 0.3) is 0 Å². The largest absolute Gasteiger partial charge is 0.319 e. The Morgan fingerprint density at radius 3 is 2.14 bits per heavy atom. The van der Waals surface area contributed by atoms with Gasteiger partial charge in [-0.15, -0.1) is 0 Å². The Kier molecular flexibility index (Phi) is 4.94. The van der Waals surface area contributed by atoms with E-state index in [1.807, 2.05) is 0 Å². The van der Waals surface area contributed by atoms with Gasteiger partial charge in [-0.25, -0.2) is 0 Å². The van der Waals surface area contributed by atoms with Crippen LogP contribution in [0, 0.1) is 11.3 Å². The highest BCUT2D eigenvalue weighted by Gasteiger charge is 2.31. The van der Waals surface area contributed by atoms with E-state index < -0.39 is 0 Å². The third kappa shape index (κ3) is 2.98. The molecular weight excluding hydrogens is 170 g/mol. The van der Waals surface area contributed by atoms with Gasteiger partial charge in [0.15, 0.2) is 0 Å². The van der Waals surface area contributed by atoms with E-state index in [2.05, 4.69) is 26.2 Å². The molecule has 0 amide bonds. The van der Waals surface area contributed by atoms with Crippen molar-refractivity contribution < 1.29 is 0 Å². The Morgan fingerprint density at radius 1 is 1.14 bits per heavy atom. The summed E-state index contributed by atoms with van der Waals surface area (Å²) in [6.45, 7) is 6.01. The van der Waals surface area contributed by atoms with Gasteiger partial charge in [-0.05, 0) is 37.6 Å². The first-order chi connectivity index (χ1) is 6.73. The molecule has 0 saturated heterocycles. The van der Waals surface area contributed by atoms with Gasteiger partial charge < -0.3 is 5.32 Å². The van der Waals surface area contributed by atoms with E-state index in [0.29, 0.717) is 5.41 Å². The molecule has 1 aliphatic rings. The molecule has 1 fully saturated rings. The molecule has 0 unspecified atom stereocenters. The highest BCUT2D eigenvalue weighted by atomic mass is 14.8. The Morgan fingerprint density at radius 2 is 1.71 bits per heavy atom. The lowest BCUT2D eigenvalue weighted by Gasteiger charge is -2.36. The van der Waals surface area contributed by atoms with Crippen molar-refractivity contribution in [1.82, 2.24) is 5.32 Å². The van der Waals surface area contributed by atoms with Gasteiger partial charge in [-0.3, -0.25) is 0 Å². The summed E-state index contributed by atoms with van der Waals surface area (Å²) in [5, 5.41) is 3.38. The molecule has 1 N–H and O–H groups in total. The van der Waals surface area contributed by atoms with Gasteiger partial charge in [0.2, 0.25) is 0 Å². The topological polar surface area (TPSA) is 12.0 Å². The van der Waals surface area contributed by atoms with Crippen LogP contribution in [0.1, 0.15) is 58.8 Å². The van der Waals surface area contributed by atoms with Gasteiger partial charge >= 0.3 is 0 Å². The molecule has 0 aromatic carbocycles. The maximum absolute atomic E-state index is 3.38. The van der Waals surface area contributed by atoms with Crippen LogP contribution in [0.5, 0.6) is 0 Å². The molecule has 0 heterocycles. The molecule has 14 heavy (non-hydrogen) atoms. The van der Waals surface area contributed by atoms with Crippen molar-refractivity contribution in [1.29, 1.82) is 0 Å². The summed E-state index contributed by atoms with van der Waals surface area (Å²) in [7, 11) is 2.09. The minimum absolute atomic E-state index is 0.541. The standard InChI is InChI=1S/C13H27N/c1-4-13(2,11-14-3)12-9-7-5-6-8-10-12/h12,14H,4-11H2,1-3H3/t13-/m0/s1. The normalized spacial score (nSPS) is 24.2. The van der Waals surface area contributed by atoms with Crippen LogP contribution >= 0.6 is 0 Å². The zero-order chi connectivity index (χ0) is 10.4. The van der Waals surface area contributed by atoms with Crippen molar-refractivity contribution in [2.45, 2.75) is 58.8 Å². The van der Waals surface area contributed by atoms with Crippen molar-refractivity contribution in [3.63, 3.8) is 0 Å². The second-order valence-corrected chi connectivity index (χ2v) is 5.23. The summed E-state index contributed by atoms with van der Waals surface area (Å²) >= 11 is 0. The smallest absolute Gasteiger partial charge is 0.000471 e. The Balaban J connectivity index is 2.56. The second kappa shape index (κ2) is 5.75. The van der Waals surface area contributed by atoms with Crippen molar-refractivity contribution in [2.75, 3.05) is 13.6 Å². The van der Waals surface area contributed by atoms with E-state index in [9.17, 15) is 0 Å². The average molecular weight is 197 g/mol. The molecule has 0 aromatic heterocycles. The van der Waals surface area contributed by atoms with Crippen molar-refractivity contribution in [3.8, 4) is 0 Å². The first-order valence-corrected chi connectivity index (χ1v) is 6.37. The van der Waals surface area contributed by atoms with Gasteiger partial charge in [0.1, 0.15) is 0 Å². The summed E-state index contributed by atoms with van der Waals surface area (Å²) in [5.41, 5.74) is 0.541. The van der Waals surface area contributed by atoms with Crippen LogP contribution in [0.4, 0.5) is 0 Å². The third-order valence-electron chi connectivity index (χ3n) is 4.23. The predicted molar refractivity (Wildman–Crippen MR) is 63.5 cm³/mol. The van der Waals surface area contributed by atoms with E-state index in [1.54, 1.807) is 0 Å². The molecule has 1 atom stereocenters. The lowest BCUT2D eigenvalue weighted by Crippen LogP contribution is -2.36. The number of hydrogen-bond donors (Lipinski definition) is 1. The van der Waals surface area contributed by atoms with Crippen molar-refractivity contribution in [3.05, 3.63) is 0 Å². The molecular formula is C13H27N. The maximum atomic E-state index is 3.38. The van der Waals surface area contributed by atoms with E-state index in [1.165, 1.54) is 51.5 Å².